The summed E-state index contributed by atoms with van der Waals surface area (Å²) >= 11 is 2.04. The van der Waals surface area contributed by atoms with Crippen LogP contribution < -0.4 is 4.90 Å². The van der Waals surface area contributed by atoms with Crippen LogP contribution in [0.1, 0.15) is 73.9 Å². The van der Waals surface area contributed by atoms with Crippen molar-refractivity contribution in [3.8, 4) is 0 Å². The van der Waals surface area contributed by atoms with Crippen molar-refractivity contribution >= 4 is 23.2 Å². The standard InChI is InChI=1S/C28H36N2OS/c1-28(2,3)21-12-10-20(11-13-21)25(31)8-5-15-29-17-14-24-23(19-29)22-7-4-9-26-27(22)30(24)16-6-18-32-26/h4,7,9-13,23-24H,5-6,8,14-19H2,1-3H3/t23-,24-/m0/s1. The number of hydrogen-bond donors (Lipinski definition) is 0. The van der Waals surface area contributed by atoms with E-state index in [1.165, 1.54) is 35.6 Å². The Balaban J connectivity index is 1.18. The lowest BCUT2D eigenvalue weighted by Gasteiger charge is -2.39. The maximum Gasteiger partial charge on any atom is 0.162 e. The van der Waals surface area contributed by atoms with E-state index >= 15 is 0 Å². The lowest BCUT2D eigenvalue weighted by molar-refractivity contribution is 0.0971. The molecule has 1 fully saturated rings. The molecule has 32 heavy (non-hydrogen) atoms. The van der Waals surface area contributed by atoms with Gasteiger partial charge in [-0.15, -0.1) is 11.8 Å². The molecule has 0 radical (unpaired) electrons. The summed E-state index contributed by atoms with van der Waals surface area (Å²) in [6.45, 7) is 11.2. The Labute approximate surface area is 197 Å². The van der Waals surface area contributed by atoms with Crippen LogP contribution in [0.3, 0.4) is 0 Å². The number of para-hydroxylation sites is 1. The van der Waals surface area contributed by atoms with Crippen molar-refractivity contribution in [2.24, 2.45) is 0 Å². The van der Waals surface area contributed by atoms with Crippen molar-refractivity contribution in [2.45, 2.75) is 68.7 Å². The Morgan fingerprint density at radius 2 is 1.91 bits per heavy atom. The predicted molar refractivity (Wildman–Crippen MR) is 135 cm³/mol. The summed E-state index contributed by atoms with van der Waals surface area (Å²) < 4.78 is 0. The highest BCUT2D eigenvalue weighted by atomic mass is 32.2. The largest absolute Gasteiger partial charge is 0.367 e. The van der Waals surface area contributed by atoms with E-state index in [4.69, 9.17) is 0 Å². The summed E-state index contributed by atoms with van der Waals surface area (Å²) in [4.78, 5) is 19.6. The fourth-order valence-electron chi connectivity index (χ4n) is 5.78. The zero-order valence-corrected chi connectivity index (χ0v) is 20.6. The van der Waals surface area contributed by atoms with Crippen molar-refractivity contribution in [2.75, 3.05) is 36.8 Å². The minimum atomic E-state index is 0.125. The Bertz CT molecular complexity index is 978. The zero-order valence-electron chi connectivity index (χ0n) is 19.8. The molecule has 2 aromatic carbocycles. The molecule has 0 saturated carbocycles. The van der Waals surface area contributed by atoms with Gasteiger partial charge in [-0.25, -0.2) is 0 Å². The van der Waals surface area contributed by atoms with Crippen LogP contribution in [0.25, 0.3) is 0 Å². The second-order valence-corrected chi connectivity index (χ2v) is 11.8. The van der Waals surface area contributed by atoms with Gasteiger partial charge in [0, 0.05) is 48.5 Å². The molecule has 0 amide bonds. The van der Waals surface area contributed by atoms with E-state index < -0.39 is 0 Å². The SMILES string of the molecule is CC(C)(C)c1ccc(C(=O)CCCN2CC[C@H]3[C@@H](C2)c2cccc4c2N3CCCS4)cc1. The first-order chi connectivity index (χ1) is 15.4. The maximum absolute atomic E-state index is 12.7. The number of nitrogens with zero attached hydrogens (tertiary/aromatic N) is 2. The van der Waals surface area contributed by atoms with Crippen LogP contribution >= 0.6 is 11.8 Å². The van der Waals surface area contributed by atoms with Crippen molar-refractivity contribution in [3.05, 3.63) is 59.2 Å². The Kier molecular flexibility index (Phi) is 6.11. The van der Waals surface area contributed by atoms with Crippen LogP contribution in [-0.2, 0) is 5.41 Å². The fourth-order valence-corrected chi connectivity index (χ4v) is 6.82. The Hall–Kier alpha value is -1.78. The van der Waals surface area contributed by atoms with Gasteiger partial charge in [0.1, 0.15) is 0 Å². The van der Waals surface area contributed by atoms with E-state index in [-0.39, 0.29) is 11.2 Å². The molecule has 0 N–H and O–H groups in total. The number of carbonyl (C=O) groups excluding carboxylic acids is 1. The number of rotatable bonds is 5. The first-order valence-corrected chi connectivity index (χ1v) is 13.3. The molecule has 0 aromatic heterocycles. The third-order valence-electron chi connectivity index (χ3n) is 7.53. The number of benzene rings is 2. The summed E-state index contributed by atoms with van der Waals surface area (Å²) in [5.74, 6) is 2.14. The highest BCUT2D eigenvalue weighted by Crippen LogP contribution is 2.50. The first-order valence-electron chi connectivity index (χ1n) is 12.3. The smallest absolute Gasteiger partial charge is 0.162 e. The monoisotopic (exact) mass is 448 g/mol. The first kappa shape index (κ1) is 22.0. The van der Waals surface area contributed by atoms with Crippen LogP contribution in [-0.4, -0.2) is 48.7 Å². The lowest BCUT2D eigenvalue weighted by atomic mass is 9.86. The van der Waals surface area contributed by atoms with Crippen molar-refractivity contribution < 1.29 is 4.79 Å². The molecule has 3 nitrogen and oxygen atoms in total. The van der Waals surface area contributed by atoms with Gasteiger partial charge in [-0.3, -0.25) is 4.79 Å². The van der Waals surface area contributed by atoms with Crippen LogP contribution in [0, 0.1) is 0 Å². The molecule has 170 valence electrons. The minimum Gasteiger partial charge on any atom is -0.367 e. The molecule has 1 saturated heterocycles. The summed E-state index contributed by atoms with van der Waals surface area (Å²) in [5, 5.41) is 0. The van der Waals surface area contributed by atoms with Crippen molar-refractivity contribution in [1.29, 1.82) is 0 Å². The van der Waals surface area contributed by atoms with Gasteiger partial charge in [0.05, 0.1) is 5.69 Å². The molecule has 3 aliphatic rings. The number of hydrogen-bond acceptors (Lipinski definition) is 4. The number of anilines is 1. The number of ketones is 1. The summed E-state index contributed by atoms with van der Waals surface area (Å²) in [5.41, 5.74) is 5.38. The molecule has 2 atom stereocenters. The minimum absolute atomic E-state index is 0.125. The summed E-state index contributed by atoms with van der Waals surface area (Å²) in [6, 6.07) is 15.9. The van der Waals surface area contributed by atoms with E-state index in [1.54, 1.807) is 11.3 Å². The third kappa shape index (κ3) is 4.24. The highest BCUT2D eigenvalue weighted by Gasteiger charge is 2.43. The van der Waals surface area contributed by atoms with Crippen molar-refractivity contribution in [3.63, 3.8) is 0 Å². The average molecular weight is 449 g/mol. The number of thioether (sulfide) groups is 1. The molecule has 4 heteroatoms. The summed E-state index contributed by atoms with van der Waals surface area (Å²) in [6.07, 6.45) is 4.11. The molecule has 5 rings (SSSR count). The van der Waals surface area contributed by atoms with Gasteiger partial charge in [0.2, 0.25) is 0 Å². The number of carbonyl (C=O) groups is 1. The van der Waals surface area contributed by atoms with E-state index in [0.717, 1.165) is 31.6 Å². The normalized spacial score (nSPS) is 22.9. The zero-order chi connectivity index (χ0) is 22.3. The Morgan fingerprint density at radius 1 is 1.09 bits per heavy atom. The quantitative estimate of drug-likeness (QED) is 0.514. The van der Waals surface area contributed by atoms with Crippen LogP contribution in [0.2, 0.25) is 0 Å². The van der Waals surface area contributed by atoms with Gasteiger partial charge in [-0.2, -0.15) is 0 Å². The van der Waals surface area contributed by atoms with Gasteiger partial charge in [0.25, 0.3) is 0 Å². The molecule has 0 bridgehead atoms. The average Bonchev–Trinajstić information content (AvgIpc) is 2.94. The summed E-state index contributed by atoms with van der Waals surface area (Å²) in [7, 11) is 0. The topological polar surface area (TPSA) is 23.6 Å². The maximum atomic E-state index is 12.7. The lowest BCUT2D eigenvalue weighted by Crippen LogP contribution is -2.46. The molecule has 3 aliphatic heterocycles. The second-order valence-electron chi connectivity index (χ2n) is 10.7. The molecule has 0 unspecified atom stereocenters. The third-order valence-corrected chi connectivity index (χ3v) is 8.66. The van der Waals surface area contributed by atoms with E-state index in [9.17, 15) is 4.79 Å². The van der Waals surface area contributed by atoms with Crippen LogP contribution in [0.15, 0.2) is 47.4 Å². The number of piperidine rings is 1. The molecular weight excluding hydrogens is 412 g/mol. The van der Waals surface area contributed by atoms with Gasteiger partial charge in [-0.1, -0.05) is 57.2 Å². The van der Waals surface area contributed by atoms with Crippen LogP contribution in [0.4, 0.5) is 5.69 Å². The van der Waals surface area contributed by atoms with Gasteiger partial charge < -0.3 is 9.80 Å². The molecular formula is C28H36N2OS. The van der Waals surface area contributed by atoms with E-state index in [1.807, 2.05) is 23.9 Å². The molecule has 0 spiro atoms. The molecule has 0 aliphatic carbocycles. The number of fused-ring (bicyclic) bond motifs is 3. The van der Waals surface area contributed by atoms with Crippen LogP contribution in [0.5, 0.6) is 0 Å². The molecule has 2 aromatic rings. The van der Waals surface area contributed by atoms with Crippen molar-refractivity contribution in [1.82, 2.24) is 4.90 Å². The van der Waals surface area contributed by atoms with Gasteiger partial charge in [-0.05, 0) is 54.2 Å². The predicted octanol–water partition coefficient (Wildman–Crippen LogP) is 6.12. The van der Waals surface area contributed by atoms with E-state index in [2.05, 4.69) is 60.9 Å². The van der Waals surface area contributed by atoms with Gasteiger partial charge in [0.15, 0.2) is 5.78 Å². The van der Waals surface area contributed by atoms with Gasteiger partial charge >= 0.3 is 0 Å². The van der Waals surface area contributed by atoms with E-state index in [0.29, 0.717) is 18.4 Å². The fraction of sp³-hybridized carbons (Fsp3) is 0.536. The molecule has 3 heterocycles. The number of Topliss-reactive ketones (excluding diaryl/α,β-unsaturated/α-hetero) is 1. The number of likely N-dealkylation sites (tertiary alicyclic amines) is 1. The Morgan fingerprint density at radius 3 is 2.69 bits per heavy atom. The highest BCUT2D eigenvalue weighted by molar-refractivity contribution is 7.99. The second kappa shape index (κ2) is 8.87.